The molecule has 0 spiro atoms. The van der Waals surface area contributed by atoms with Crippen LogP contribution in [0.5, 0.6) is 0 Å². The van der Waals surface area contributed by atoms with Crippen molar-refractivity contribution in [1.82, 2.24) is 5.32 Å². The Bertz CT molecular complexity index is 918. The summed E-state index contributed by atoms with van der Waals surface area (Å²) in [7, 11) is -3.92. The van der Waals surface area contributed by atoms with Crippen molar-refractivity contribution in [2.24, 2.45) is 5.92 Å². The molecule has 0 aliphatic heterocycles. The van der Waals surface area contributed by atoms with Crippen LogP contribution in [0, 0.1) is 11.7 Å². The van der Waals surface area contributed by atoms with Gasteiger partial charge in [-0.25, -0.2) is 12.8 Å². The van der Waals surface area contributed by atoms with Gasteiger partial charge in [0.25, 0.3) is 10.0 Å². The zero-order valence-electron chi connectivity index (χ0n) is 17.3. The van der Waals surface area contributed by atoms with Gasteiger partial charge in [0, 0.05) is 17.5 Å². The largest absolute Gasteiger partial charge is 0.354 e. The molecule has 2 rings (SSSR count). The first-order chi connectivity index (χ1) is 14.3. The van der Waals surface area contributed by atoms with Crippen LogP contribution < -0.4 is 9.62 Å². The number of amides is 1. The number of sulfonamides is 1. The van der Waals surface area contributed by atoms with E-state index in [2.05, 4.69) is 12.2 Å². The van der Waals surface area contributed by atoms with Crippen LogP contribution in [0.3, 0.4) is 0 Å². The average molecular weight is 455 g/mol. The Morgan fingerprint density at radius 3 is 2.30 bits per heavy atom. The van der Waals surface area contributed by atoms with Gasteiger partial charge in [-0.2, -0.15) is 0 Å². The molecule has 0 aromatic heterocycles. The first-order valence-electron chi connectivity index (χ1n) is 10.1. The molecule has 164 valence electrons. The van der Waals surface area contributed by atoms with Crippen molar-refractivity contribution in [3.8, 4) is 0 Å². The third-order valence-electron chi connectivity index (χ3n) is 4.90. The van der Waals surface area contributed by atoms with Gasteiger partial charge in [-0.3, -0.25) is 9.10 Å². The van der Waals surface area contributed by atoms with Crippen molar-refractivity contribution in [2.75, 3.05) is 17.4 Å². The first kappa shape index (κ1) is 24.2. The Morgan fingerprint density at radius 2 is 1.73 bits per heavy atom. The summed E-state index contributed by atoms with van der Waals surface area (Å²) in [5.41, 5.74) is 0.318. The predicted octanol–water partition coefficient (Wildman–Crippen LogP) is 5.01. The quantitative estimate of drug-likeness (QED) is 0.519. The van der Waals surface area contributed by atoms with Gasteiger partial charge in [-0.05, 0) is 61.4 Å². The second-order valence-corrected chi connectivity index (χ2v) is 9.34. The number of nitrogens with zero attached hydrogens (tertiary/aromatic N) is 1. The lowest BCUT2D eigenvalue weighted by Crippen LogP contribution is -2.40. The highest BCUT2D eigenvalue weighted by Gasteiger charge is 2.25. The molecule has 0 aliphatic carbocycles. The van der Waals surface area contributed by atoms with Crippen molar-refractivity contribution < 1.29 is 17.6 Å². The summed E-state index contributed by atoms with van der Waals surface area (Å²) in [5.74, 6) is -0.622. The van der Waals surface area contributed by atoms with Crippen LogP contribution in [0.4, 0.5) is 10.1 Å². The maximum Gasteiger partial charge on any atom is 0.264 e. The zero-order valence-corrected chi connectivity index (χ0v) is 18.8. The highest BCUT2D eigenvalue weighted by molar-refractivity contribution is 7.92. The van der Waals surface area contributed by atoms with Crippen molar-refractivity contribution in [1.29, 1.82) is 0 Å². The van der Waals surface area contributed by atoms with E-state index in [4.69, 9.17) is 11.6 Å². The molecule has 0 aliphatic rings. The molecular weight excluding hydrogens is 427 g/mol. The SMILES string of the molecule is CCCCC(CC)C(=O)NCCN(c1ccc(F)cc1)S(=O)(=O)c1ccc(Cl)cc1. The van der Waals surface area contributed by atoms with E-state index in [1.165, 1.54) is 52.8 Å². The minimum Gasteiger partial charge on any atom is -0.354 e. The molecule has 8 heteroatoms. The fraction of sp³-hybridized carbons (Fsp3) is 0.409. The van der Waals surface area contributed by atoms with E-state index in [9.17, 15) is 17.6 Å². The molecule has 2 aromatic rings. The fourth-order valence-corrected chi connectivity index (χ4v) is 4.72. The molecule has 0 heterocycles. The van der Waals surface area contributed by atoms with Gasteiger partial charge in [0.1, 0.15) is 5.82 Å². The Labute approximate surface area is 183 Å². The van der Waals surface area contributed by atoms with Crippen LogP contribution in [0.2, 0.25) is 5.02 Å². The molecule has 0 radical (unpaired) electrons. The van der Waals surface area contributed by atoms with E-state index in [-0.39, 0.29) is 29.8 Å². The number of hydrogen-bond acceptors (Lipinski definition) is 3. The number of halogens is 2. The van der Waals surface area contributed by atoms with Crippen LogP contribution >= 0.6 is 11.6 Å². The van der Waals surface area contributed by atoms with Crippen molar-refractivity contribution in [3.63, 3.8) is 0 Å². The number of benzene rings is 2. The number of unbranched alkanes of at least 4 members (excludes halogenated alkanes) is 1. The Balaban J connectivity index is 2.19. The number of nitrogens with one attached hydrogen (secondary N) is 1. The summed E-state index contributed by atoms with van der Waals surface area (Å²) in [4.78, 5) is 12.5. The van der Waals surface area contributed by atoms with Gasteiger partial charge in [0.05, 0.1) is 17.1 Å². The van der Waals surface area contributed by atoms with Crippen LogP contribution in [0.15, 0.2) is 53.4 Å². The number of rotatable bonds is 11. The molecule has 0 saturated carbocycles. The third-order valence-corrected chi connectivity index (χ3v) is 6.99. The van der Waals surface area contributed by atoms with E-state index in [0.717, 1.165) is 25.7 Å². The second kappa shape index (κ2) is 11.3. The number of carbonyl (C=O) groups is 1. The van der Waals surface area contributed by atoms with E-state index < -0.39 is 15.8 Å². The summed E-state index contributed by atoms with van der Waals surface area (Å²) in [6, 6.07) is 11.1. The standard InChI is InChI=1S/C22H28ClFN2O3S/c1-3-5-6-17(4-2)22(27)25-15-16-26(20-11-9-19(24)10-12-20)30(28,29)21-13-7-18(23)8-14-21/h7-14,17H,3-6,15-16H2,1-2H3,(H,25,27). The first-order valence-corrected chi connectivity index (χ1v) is 11.9. The van der Waals surface area contributed by atoms with Gasteiger partial charge >= 0.3 is 0 Å². The minimum atomic E-state index is -3.92. The maximum atomic E-state index is 13.4. The molecule has 5 nitrogen and oxygen atoms in total. The Kier molecular flexibility index (Phi) is 9.11. The molecule has 1 N–H and O–H groups in total. The lowest BCUT2D eigenvalue weighted by atomic mass is 9.98. The lowest BCUT2D eigenvalue weighted by molar-refractivity contribution is -0.125. The summed E-state index contributed by atoms with van der Waals surface area (Å²) < 4.78 is 41.0. The topological polar surface area (TPSA) is 66.5 Å². The Morgan fingerprint density at radius 1 is 1.10 bits per heavy atom. The molecule has 0 saturated heterocycles. The van der Waals surface area contributed by atoms with E-state index in [1.807, 2.05) is 6.92 Å². The maximum absolute atomic E-state index is 13.4. The number of carbonyl (C=O) groups excluding carboxylic acids is 1. The second-order valence-electron chi connectivity index (χ2n) is 7.05. The predicted molar refractivity (Wildman–Crippen MR) is 119 cm³/mol. The molecule has 0 bridgehead atoms. The van der Waals surface area contributed by atoms with E-state index >= 15 is 0 Å². The molecule has 30 heavy (non-hydrogen) atoms. The van der Waals surface area contributed by atoms with Crippen LogP contribution in [0.25, 0.3) is 0 Å². The van der Waals surface area contributed by atoms with Gasteiger partial charge in [-0.1, -0.05) is 38.3 Å². The van der Waals surface area contributed by atoms with E-state index in [0.29, 0.717) is 10.7 Å². The lowest BCUT2D eigenvalue weighted by Gasteiger charge is -2.25. The molecule has 0 fully saturated rings. The molecule has 2 aromatic carbocycles. The van der Waals surface area contributed by atoms with Crippen molar-refractivity contribution in [2.45, 2.75) is 44.4 Å². The van der Waals surface area contributed by atoms with Crippen LogP contribution in [-0.2, 0) is 14.8 Å². The van der Waals surface area contributed by atoms with Crippen LogP contribution in [-0.4, -0.2) is 27.4 Å². The minimum absolute atomic E-state index is 0.0204. The van der Waals surface area contributed by atoms with E-state index in [1.54, 1.807) is 0 Å². The molecular formula is C22H28ClFN2O3S. The Hall–Kier alpha value is -2.12. The zero-order chi connectivity index (χ0) is 22.1. The van der Waals surface area contributed by atoms with Gasteiger partial charge in [-0.15, -0.1) is 0 Å². The number of hydrogen-bond donors (Lipinski definition) is 1. The smallest absolute Gasteiger partial charge is 0.264 e. The molecule has 1 unspecified atom stereocenters. The average Bonchev–Trinajstić information content (AvgIpc) is 2.73. The van der Waals surface area contributed by atoms with Gasteiger partial charge in [0.2, 0.25) is 5.91 Å². The van der Waals surface area contributed by atoms with Crippen molar-refractivity contribution >= 4 is 33.2 Å². The van der Waals surface area contributed by atoms with Crippen LogP contribution in [0.1, 0.15) is 39.5 Å². The van der Waals surface area contributed by atoms with Gasteiger partial charge < -0.3 is 5.32 Å². The van der Waals surface area contributed by atoms with Crippen molar-refractivity contribution in [3.05, 3.63) is 59.4 Å². The highest BCUT2D eigenvalue weighted by atomic mass is 35.5. The monoisotopic (exact) mass is 454 g/mol. The fourth-order valence-electron chi connectivity index (χ4n) is 3.13. The summed E-state index contributed by atoms with van der Waals surface area (Å²) >= 11 is 5.88. The molecule has 1 atom stereocenters. The summed E-state index contributed by atoms with van der Waals surface area (Å²) in [5, 5.41) is 3.27. The number of anilines is 1. The summed E-state index contributed by atoms with van der Waals surface area (Å²) in [6.45, 7) is 4.21. The molecule has 1 amide bonds. The summed E-state index contributed by atoms with van der Waals surface area (Å²) in [6.07, 6.45) is 3.53. The highest BCUT2D eigenvalue weighted by Crippen LogP contribution is 2.25. The van der Waals surface area contributed by atoms with Gasteiger partial charge in [0.15, 0.2) is 0 Å². The third kappa shape index (κ3) is 6.44. The normalized spacial score (nSPS) is 12.4.